The molecule has 2 aromatic carbocycles. The fraction of sp³-hybridized carbons (Fsp3) is 0.571. The Morgan fingerprint density at radius 2 is 0.906 bits per heavy atom. The van der Waals surface area contributed by atoms with Gasteiger partial charge in [-0.3, -0.25) is 0 Å². The SMILES string of the molecule is CCCCCc1c(OOOOc2cc(C)c(C)c(C)c2CCCCC)cc(C)c(C)c1C. The van der Waals surface area contributed by atoms with Crippen LogP contribution in [0.2, 0.25) is 0 Å². The first kappa shape index (κ1) is 26.2. The molecule has 0 aliphatic heterocycles. The maximum absolute atomic E-state index is 5.58. The van der Waals surface area contributed by atoms with Gasteiger partial charge in [-0.2, -0.15) is 0 Å². The van der Waals surface area contributed by atoms with Crippen LogP contribution in [0.15, 0.2) is 12.1 Å². The van der Waals surface area contributed by atoms with E-state index in [-0.39, 0.29) is 0 Å². The van der Waals surface area contributed by atoms with E-state index in [0.29, 0.717) is 11.5 Å². The van der Waals surface area contributed by atoms with Gasteiger partial charge >= 0.3 is 0 Å². The van der Waals surface area contributed by atoms with Gasteiger partial charge in [-0.25, -0.2) is 0 Å². The topological polar surface area (TPSA) is 36.9 Å². The van der Waals surface area contributed by atoms with Gasteiger partial charge in [-0.05, 0) is 113 Å². The normalized spacial score (nSPS) is 11.1. The van der Waals surface area contributed by atoms with Gasteiger partial charge in [0.15, 0.2) is 11.5 Å². The largest absolute Gasteiger partial charge is 0.305 e. The van der Waals surface area contributed by atoms with Gasteiger partial charge in [0.25, 0.3) is 0 Å². The summed E-state index contributed by atoms with van der Waals surface area (Å²) in [6.45, 7) is 17.2. The Morgan fingerprint density at radius 3 is 1.25 bits per heavy atom. The summed E-state index contributed by atoms with van der Waals surface area (Å²) in [4.78, 5) is 11.2. The second kappa shape index (κ2) is 12.9. The molecule has 0 spiro atoms. The molecule has 4 nitrogen and oxygen atoms in total. The van der Waals surface area contributed by atoms with E-state index in [1.54, 1.807) is 0 Å². The Balaban J connectivity index is 2.10. The van der Waals surface area contributed by atoms with E-state index in [9.17, 15) is 0 Å². The molecule has 32 heavy (non-hydrogen) atoms. The smallest absolute Gasteiger partial charge is 0.172 e. The van der Waals surface area contributed by atoms with Gasteiger partial charge in [0.05, 0.1) is 0 Å². The summed E-state index contributed by atoms with van der Waals surface area (Å²) in [7, 11) is 0. The van der Waals surface area contributed by atoms with Gasteiger partial charge in [-0.1, -0.05) is 39.5 Å². The second-order valence-corrected chi connectivity index (χ2v) is 9.06. The van der Waals surface area contributed by atoms with Crippen LogP contribution < -0.4 is 9.78 Å². The molecule has 0 N–H and O–H groups in total. The maximum atomic E-state index is 5.58. The molecule has 0 amide bonds. The highest BCUT2D eigenvalue weighted by atomic mass is 17.7. The molecule has 0 radical (unpaired) electrons. The van der Waals surface area contributed by atoms with E-state index >= 15 is 0 Å². The van der Waals surface area contributed by atoms with Crippen LogP contribution in [0.1, 0.15) is 96.9 Å². The van der Waals surface area contributed by atoms with Crippen LogP contribution in [-0.2, 0) is 22.9 Å². The Labute approximate surface area is 195 Å². The molecule has 0 saturated heterocycles. The number of benzene rings is 2. The molecule has 0 bridgehead atoms. The van der Waals surface area contributed by atoms with E-state index in [2.05, 4.69) is 55.4 Å². The summed E-state index contributed by atoms with van der Waals surface area (Å²) in [6, 6.07) is 4.03. The van der Waals surface area contributed by atoms with Crippen molar-refractivity contribution in [1.29, 1.82) is 0 Å². The summed E-state index contributed by atoms with van der Waals surface area (Å²) in [6.07, 6.45) is 8.91. The number of aryl methyl sites for hydroxylation is 2. The Bertz CT molecular complexity index is 812. The highest BCUT2D eigenvalue weighted by Gasteiger charge is 2.16. The molecule has 4 heteroatoms. The molecule has 178 valence electrons. The summed E-state index contributed by atoms with van der Waals surface area (Å²) in [5, 5.41) is 10.2. The first-order valence-electron chi connectivity index (χ1n) is 12.2. The van der Waals surface area contributed by atoms with Crippen molar-refractivity contribution in [2.24, 2.45) is 0 Å². The summed E-state index contributed by atoms with van der Waals surface area (Å²) < 4.78 is 0. The zero-order chi connectivity index (χ0) is 23.7. The lowest BCUT2D eigenvalue weighted by atomic mass is 9.94. The third-order valence-electron chi connectivity index (χ3n) is 6.84. The summed E-state index contributed by atoms with van der Waals surface area (Å²) >= 11 is 0. The van der Waals surface area contributed by atoms with Crippen molar-refractivity contribution in [2.45, 2.75) is 107 Å². The molecular formula is C28H42O4. The monoisotopic (exact) mass is 442 g/mol. The number of hydrogen-bond donors (Lipinski definition) is 0. The fourth-order valence-corrected chi connectivity index (χ4v) is 4.17. The number of hydrogen-bond acceptors (Lipinski definition) is 4. The van der Waals surface area contributed by atoms with E-state index in [4.69, 9.17) is 19.9 Å². The van der Waals surface area contributed by atoms with Crippen LogP contribution in [0.3, 0.4) is 0 Å². The summed E-state index contributed by atoms with van der Waals surface area (Å²) in [5.41, 5.74) is 9.78. The Morgan fingerprint density at radius 1 is 0.531 bits per heavy atom. The lowest BCUT2D eigenvalue weighted by Crippen LogP contribution is -2.09. The first-order valence-corrected chi connectivity index (χ1v) is 12.2. The highest BCUT2D eigenvalue weighted by Crippen LogP contribution is 2.32. The van der Waals surface area contributed by atoms with Gasteiger partial charge in [0.2, 0.25) is 0 Å². The lowest BCUT2D eigenvalue weighted by Gasteiger charge is -2.17. The van der Waals surface area contributed by atoms with Crippen molar-refractivity contribution < 1.29 is 19.9 Å². The molecule has 0 aliphatic carbocycles. The molecule has 0 atom stereocenters. The van der Waals surface area contributed by atoms with Gasteiger partial charge < -0.3 is 9.78 Å². The van der Waals surface area contributed by atoms with Crippen LogP contribution in [0.4, 0.5) is 0 Å². The zero-order valence-electron chi connectivity index (χ0n) is 21.4. The maximum Gasteiger partial charge on any atom is 0.172 e. The lowest BCUT2D eigenvalue weighted by molar-refractivity contribution is -0.576. The third kappa shape index (κ3) is 6.73. The summed E-state index contributed by atoms with van der Waals surface area (Å²) in [5.74, 6) is 1.40. The third-order valence-corrected chi connectivity index (χ3v) is 6.84. The van der Waals surface area contributed by atoms with E-state index in [1.165, 1.54) is 70.2 Å². The molecule has 2 aromatic rings. The predicted octanol–water partition coefficient (Wildman–Crippen LogP) is 8.24. The fourth-order valence-electron chi connectivity index (χ4n) is 4.17. The average Bonchev–Trinajstić information content (AvgIpc) is 2.77. The van der Waals surface area contributed by atoms with Crippen molar-refractivity contribution >= 4 is 0 Å². The van der Waals surface area contributed by atoms with E-state index in [1.807, 2.05) is 12.1 Å². The van der Waals surface area contributed by atoms with Crippen molar-refractivity contribution in [3.63, 3.8) is 0 Å². The molecule has 0 saturated carbocycles. The Hall–Kier alpha value is -2.04. The van der Waals surface area contributed by atoms with Gasteiger partial charge in [0.1, 0.15) is 0 Å². The van der Waals surface area contributed by atoms with Crippen molar-refractivity contribution in [1.82, 2.24) is 0 Å². The van der Waals surface area contributed by atoms with E-state index in [0.717, 1.165) is 25.7 Å². The van der Waals surface area contributed by atoms with Crippen LogP contribution >= 0.6 is 0 Å². The van der Waals surface area contributed by atoms with Crippen molar-refractivity contribution in [2.75, 3.05) is 0 Å². The molecule has 2 rings (SSSR count). The molecule has 0 fully saturated rings. The van der Waals surface area contributed by atoms with Crippen LogP contribution in [-0.4, -0.2) is 0 Å². The minimum absolute atomic E-state index is 0.699. The Kier molecular flexibility index (Phi) is 10.5. The van der Waals surface area contributed by atoms with E-state index < -0.39 is 0 Å². The minimum atomic E-state index is 0.699. The standard InChI is InChI=1S/C28H42O4/c1-9-11-13-15-25-23(7)21(5)19(3)17-27(25)29-31-32-30-28-18-20(4)22(6)24(8)26(28)16-14-12-10-2/h17-18H,9-16H2,1-8H3. The molecule has 0 aromatic heterocycles. The molecule has 0 heterocycles. The highest BCUT2D eigenvalue weighted by molar-refractivity contribution is 5.49. The molecular weight excluding hydrogens is 400 g/mol. The van der Waals surface area contributed by atoms with Crippen LogP contribution in [0.25, 0.3) is 0 Å². The zero-order valence-corrected chi connectivity index (χ0v) is 21.4. The average molecular weight is 443 g/mol. The van der Waals surface area contributed by atoms with Gasteiger partial charge in [0, 0.05) is 21.2 Å². The number of rotatable bonds is 13. The minimum Gasteiger partial charge on any atom is -0.305 e. The first-order chi connectivity index (χ1) is 15.3. The van der Waals surface area contributed by atoms with Gasteiger partial charge in [-0.15, -0.1) is 0 Å². The van der Waals surface area contributed by atoms with Crippen LogP contribution in [0.5, 0.6) is 11.5 Å². The second-order valence-electron chi connectivity index (χ2n) is 9.06. The molecule has 0 unspecified atom stereocenters. The van der Waals surface area contributed by atoms with Crippen molar-refractivity contribution in [3.8, 4) is 11.5 Å². The quantitative estimate of drug-likeness (QED) is 0.178. The van der Waals surface area contributed by atoms with Crippen LogP contribution in [0, 0.1) is 41.5 Å². The predicted molar refractivity (Wildman–Crippen MR) is 131 cm³/mol. The van der Waals surface area contributed by atoms with Crippen molar-refractivity contribution in [3.05, 3.63) is 56.6 Å². The molecule has 0 aliphatic rings. The number of unbranched alkanes of at least 4 members (excludes halogenated alkanes) is 4.